The minimum atomic E-state index is -3.41. The second-order valence-corrected chi connectivity index (χ2v) is 6.57. The van der Waals surface area contributed by atoms with E-state index in [1.54, 1.807) is 30.3 Å². The monoisotopic (exact) mass is 255 g/mol. The Morgan fingerprint density at radius 3 is 2.59 bits per heavy atom. The molecule has 0 spiro atoms. The highest BCUT2D eigenvalue weighted by molar-refractivity contribution is 7.91. The fraction of sp³-hybridized carbons (Fsp3) is 0.500. The zero-order valence-electron chi connectivity index (χ0n) is 9.59. The van der Waals surface area contributed by atoms with E-state index in [1.807, 2.05) is 0 Å². The summed E-state index contributed by atoms with van der Waals surface area (Å²) < 4.78 is 24.2. The second kappa shape index (κ2) is 4.76. The summed E-state index contributed by atoms with van der Waals surface area (Å²) in [4.78, 5) is 0.277. The maximum absolute atomic E-state index is 12.1. The first-order chi connectivity index (χ1) is 8.02. The third-order valence-corrected chi connectivity index (χ3v) is 4.92. The van der Waals surface area contributed by atoms with Crippen molar-refractivity contribution in [1.29, 1.82) is 0 Å². The van der Waals surface area contributed by atoms with Crippen molar-refractivity contribution in [2.45, 2.75) is 23.3 Å². The van der Waals surface area contributed by atoms with Crippen LogP contribution >= 0.6 is 0 Å². The van der Waals surface area contributed by atoms with Crippen molar-refractivity contribution in [2.75, 3.05) is 18.8 Å². The third-order valence-electron chi connectivity index (χ3n) is 3.01. The minimum absolute atomic E-state index is 0.211. The lowest BCUT2D eigenvalue weighted by molar-refractivity contribution is 0.0383. The van der Waals surface area contributed by atoms with E-state index >= 15 is 0 Å². The molecule has 0 bridgehead atoms. The smallest absolute Gasteiger partial charge is 0.181 e. The van der Waals surface area contributed by atoms with Gasteiger partial charge in [-0.25, -0.2) is 8.42 Å². The second-order valence-electron chi connectivity index (χ2n) is 4.58. The maximum atomic E-state index is 12.1. The van der Waals surface area contributed by atoms with E-state index in [1.165, 1.54) is 0 Å². The van der Waals surface area contributed by atoms with Crippen molar-refractivity contribution >= 4 is 9.84 Å². The van der Waals surface area contributed by atoms with Crippen LogP contribution in [0.2, 0.25) is 0 Å². The van der Waals surface area contributed by atoms with E-state index in [2.05, 4.69) is 5.32 Å². The number of nitrogens with one attached hydrogen (secondary N) is 1. The molecule has 1 aromatic carbocycles. The summed E-state index contributed by atoms with van der Waals surface area (Å²) in [6.07, 6.45) is 1.34. The first-order valence-corrected chi connectivity index (χ1v) is 7.38. The summed E-state index contributed by atoms with van der Waals surface area (Å²) in [5.74, 6) is -0.211. The van der Waals surface area contributed by atoms with Crippen LogP contribution in [-0.2, 0) is 9.84 Å². The molecule has 17 heavy (non-hydrogen) atoms. The highest BCUT2D eigenvalue weighted by atomic mass is 32.2. The van der Waals surface area contributed by atoms with Crippen LogP contribution in [0.5, 0.6) is 0 Å². The van der Waals surface area contributed by atoms with E-state index in [9.17, 15) is 13.5 Å². The predicted octanol–water partition coefficient (Wildman–Crippen LogP) is 0.575. The molecule has 0 saturated carbocycles. The molecular weight excluding hydrogens is 238 g/mol. The molecule has 1 atom stereocenters. The quantitative estimate of drug-likeness (QED) is 0.829. The molecule has 0 aromatic heterocycles. The van der Waals surface area contributed by atoms with Crippen LogP contribution in [0.15, 0.2) is 35.2 Å². The van der Waals surface area contributed by atoms with Gasteiger partial charge in [0.25, 0.3) is 0 Å². The van der Waals surface area contributed by atoms with Crippen molar-refractivity contribution < 1.29 is 13.5 Å². The molecule has 5 heteroatoms. The Morgan fingerprint density at radius 1 is 1.29 bits per heavy atom. The maximum Gasteiger partial charge on any atom is 0.181 e. The molecule has 1 saturated heterocycles. The minimum Gasteiger partial charge on any atom is -0.387 e. The number of aliphatic hydroxyl groups is 1. The lowest BCUT2D eigenvalue weighted by Crippen LogP contribution is -2.50. The van der Waals surface area contributed by atoms with E-state index in [0.29, 0.717) is 13.0 Å². The molecule has 0 radical (unpaired) electrons. The van der Waals surface area contributed by atoms with Crippen LogP contribution in [0.4, 0.5) is 0 Å². The largest absolute Gasteiger partial charge is 0.387 e. The summed E-state index contributed by atoms with van der Waals surface area (Å²) in [7, 11) is -3.41. The van der Waals surface area contributed by atoms with E-state index in [-0.39, 0.29) is 10.6 Å². The lowest BCUT2D eigenvalue weighted by Gasteiger charge is -2.32. The third kappa shape index (κ3) is 3.06. The van der Waals surface area contributed by atoms with Gasteiger partial charge in [0.15, 0.2) is 9.84 Å². The number of sulfone groups is 1. The van der Waals surface area contributed by atoms with Crippen molar-refractivity contribution in [3.05, 3.63) is 30.3 Å². The highest BCUT2D eigenvalue weighted by Crippen LogP contribution is 2.22. The van der Waals surface area contributed by atoms with Gasteiger partial charge in [-0.3, -0.25) is 0 Å². The number of piperidine rings is 1. The molecule has 1 aromatic rings. The van der Waals surface area contributed by atoms with Crippen LogP contribution in [-0.4, -0.2) is 38.0 Å². The number of rotatable bonds is 3. The van der Waals surface area contributed by atoms with E-state index in [4.69, 9.17) is 0 Å². The van der Waals surface area contributed by atoms with Crippen molar-refractivity contribution in [3.63, 3.8) is 0 Å². The molecule has 0 aliphatic carbocycles. The average Bonchev–Trinajstić information content (AvgIpc) is 2.30. The highest BCUT2D eigenvalue weighted by Gasteiger charge is 2.35. The summed E-state index contributed by atoms with van der Waals surface area (Å²) >= 11 is 0. The van der Waals surface area contributed by atoms with Crippen LogP contribution in [0, 0.1) is 0 Å². The van der Waals surface area contributed by atoms with Crippen LogP contribution in [0.25, 0.3) is 0 Å². The summed E-state index contributed by atoms with van der Waals surface area (Å²) in [6, 6.07) is 8.28. The zero-order chi connectivity index (χ0) is 12.4. The van der Waals surface area contributed by atoms with Crippen molar-refractivity contribution in [3.8, 4) is 0 Å². The first kappa shape index (κ1) is 12.5. The summed E-state index contributed by atoms with van der Waals surface area (Å²) in [6.45, 7) is 1.19. The Kier molecular flexibility index (Phi) is 3.51. The Hall–Kier alpha value is -0.910. The molecule has 2 rings (SSSR count). The topological polar surface area (TPSA) is 66.4 Å². The normalized spacial score (nSPS) is 25.7. The van der Waals surface area contributed by atoms with Gasteiger partial charge in [0.2, 0.25) is 0 Å². The van der Waals surface area contributed by atoms with Gasteiger partial charge in [0, 0.05) is 6.54 Å². The average molecular weight is 255 g/mol. The van der Waals surface area contributed by atoms with Gasteiger partial charge in [-0.05, 0) is 31.5 Å². The van der Waals surface area contributed by atoms with Gasteiger partial charge < -0.3 is 10.4 Å². The van der Waals surface area contributed by atoms with Crippen molar-refractivity contribution in [2.24, 2.45) is 0 Å². The lowest BCUT2D eigenvalue weighted by atomic mass is 9.97. The van der Waals surface area contributed by atoms with Crippen molar-refractivity contribution in [1.82, 2.24) is 5.32 Å². The molecule has 94 valence electrons. The Morgan fingerprint density at radius 2 is 2.00 bits per heavy atom. The Labute approximate surface area is 102 Å². The molecule has 1 unspecified atom stereocenters. The molecular formula is C12H17NO3S. The molecule has 1 fully saturated rings. The SMILES string of the molecule is O=S(=O)(CC1(O)CCCNC1)c1ccccc1. The number of benzene rings is 1. The van der Waals surface area contributed by atoms with Gasteiger partial charge in [-0.1, -0.05) is 18.2 Å². The summed E-state index contributed by atoms with van der Waals surface area (Å²) in [5, 5.41) is 13.3. The Balaban J connectivity index is 2.17. The van der Waals surface area contributed by atoms with Crippen LogP contribution in [0.1, 0.15) is 12.8 Å². The molecule has 0 amide bonds. The molecule has 2 N–H and O–H groups in total. The van der Waals surface area contributed by atoms with Gasteiger partial charge in [-0.2, -0.15) is 0 Å². The fourth-order valence-electron chi connectivity index (χ4n) is 2.14. The number of β-amino-alcohol motifs (C(OH)–C–C–N with tert-alkyl or cyclic N) is 1. The number of hydrogen-bond acceptors (Lipinski definition) is 4. The van der Waals surface area contributed by atoms with Gasteiger partial charge in [0.1, 0.15) is 0 Å². The predicted molar refractivity (Wildman–Crippen MR) is 65.5 cm³/mol. The number of hydrogen-bond donors (Lipinski definition) is 2. The van der Waals surface area contributed by atoms with Gasteiger partial charge in [0.05, 0.1) is 16.2 Å². The zero-order valence-corrected chi connectivity index (χ0v) is 10.4. The van der Waals surface area contributed by atoms with Crippen LogP contribution < -0.4 is 5.32 Å². The molecule has 1 aliphatic rings. The van der Waals surface area contributed by atoms with Gasteiger partial charge in [-0.15, -0.1) is 0 Å². The molecule has 1 aliphatic heterocycles. The molecule has 4 nitrogen and oxygen atoms in total. The van der Waals surface area contributed by atoms with E-state index in [0.717, 1.165) is 13.0 Å². The first-order valence-electron chi connectivity index (χ1n) is 5.73. The van der Waals surface area contributed by atoms with Crippen LogP contribution in [0.3, 0.4) is 0 Å². The van der Waals surface area contributed by atoms with Gasteiger partial charge >= 0.3 is 0 Å². The Bertz CT molecular complexity index is 464. The summed E-state index contributed by atoms with van der Waals surface area (Å²) in [5.41, 5.74) is -1.13. The molecule has 1 heterocycles. The fourth-order valence-corrected chi connectivity index (χ4v) is 3.83. The van der Waals surface area contributed by atoms with E-state index < -0.39 is 15.4 Å². The standard InChI is InChI=1S/C12H17NO3S/c14-12(7-4-8-13-9-12)10-17(15,16)11-5-2-1-3-6-11/h1-3,5-6,13-14H,4,7-10H2.